The van der Waals surface area contributed by atoms with Crippen LogP contribution in [-0.2, 0) is 4.79 Å². The van der Waals surface area contributed by atoms with E-state index in [9.17, 15) is 9.90 Å². The van der Waals surface area contributed by atoms with Crippen molar-refractivity contribution in [1.82, 2.24) is 0 Å². The van der Waals surface area contributed by atoms with Crippen molar-refractivity contribution in [2.24, 2.45) is 4.99 Å². The van der Waals surface area contributed by atoms with Gasteiger partial charge in [-0.1, -0.05) is 12.1 Å². The van der Waals surface area contributed by atoms with E-state index in [2.05, 4.69) is 9.84 Å². The highest BCUT2D eigenvalue weighted by Gasteiger charge is 2.04. The van der Waals surface area contributed by atoms with Gasteiger partial charge in [-0.2, -0.15) is 0 Å². The van der Waals surface area contributed by atoms with Gasteiger partial charge >= 0.3 is 0 Å². The Morgan fingerprint density at radius 1 is 1.35 bits per heavy atom. The number of Topliss-reactive ketones (excluding diaryl/α,β-unsaturated/α-hetero) is 1. The van der Waals surface area contributed by atoms with E-state index in [0.717, 1.165) is 0 Å². The van der Waals surface area contributed by atoms with Crippen LogP contribution in [0.4, 0.5) is 11.4 Å². The summed E-state index contributed by atoms with van der Waals surface area (Å²) in [6, 6.07) is 6.63. The summed E-state index contributed by atoms with van der Waals surface area (Å²) in [5.74, 6) is -0.300. The number of aliphatic hydroxyl groups excluding tert-OH is 1. The SMILES string of the molecule is [C-]#[N+]c1ccc(N=CC(C(C)=O)=C(C)O)cc1. The largest absolute Gasteiger partial charge is 0.512 e. The predicted octanol–water partition coefficient (Wildman–Crippen LogP) is 3.36. The molecular weight excluding hydrogens is 216 g/mol. The van der Waals surface area contributed by atoms with Crippen LogP contribution in [0.15, 0.2) is 40.6 Å². The van der Waals surface area contributed by atoms with Crippen LogP contribution in [-0.4, -0.2) is 17.1 Å². The van der Waals surface area contributed by atoms with E-state index in [0.29, 0.717) is 11.4 Å². The van der Waals surface area contributed by atoms with Gasteiger partial charge in [0.15, 0.2) is 11.5 Å². The number of nitrogens with zero attached hydrogens (tertiary/aromatic N) is 2. The van der Waals surface area contributed by atoms with E-state index < -0.39 is 0 Å². The standard InChI is InChI=1S/C13H12N2O2/c1-9(16)13(10(2)17)8-15-12-6-4-11(14-3)5-7-12/h4-8,16H,1-2H3. The van der Waals surface area contributed by atoms with Crippen molar-refractivity contribution >= 4 is 23.4 Å². The molecule has 0 radical (unpaired) electrons. The Bertz CT molecular complexity index is 515. The van der Waals surface area contributed by atoms with Crippen LogP contribution in [0.1, 0.15) is 13.8 Å². The number of hydrogen-bond donors (Lipinski definition) is 1. The molecule has 1 N–H and O–H groups in total. The Labute approximate surface area is 99.8 Å². The van der Waals surface area contributed by atoms with Gasteiger partial charge in [0.1, 0.15) is 5.76 Å². The van der Waals surface area contributed by atoms with Crippen molar-refractivity contribution in [3.8, 4) is 0 Å². The zero-order chi connectivity index (χ0) is 12.8. The number of allylic oxidation sites excluding steroid dienone is 2. The van der Waals surface area contributed by atoms with E-state index in [1.165, 1.54) is 20.1 Å². The van der Waals surface area contributed by atoms with Gasteiger partial charge in [-0.25, -0.2) is 4.85 Å². The minimum atomic E-state index is -0.244. The van der Waals surface area contributed by atoms with Crippen LogP contribution in [0.3, 0.4) is 0 Å². The molecule has 0 amide bonds. The molecule has 1 aromatic carbocycles. The third kappa shape index (κ3) is 3.58. The maximum atomic E-state index is 11.2. The van der Waals surface area contributed by atoms with Gasteiger partial charge in [0.05, 0.1) is 17.8 Å². The molecule has 0 bridgehead atoms. The monoisotopic (exact) mass is 228 g/mol. The summed E-state index contributed by atoms with van der Waals surface area (Å²) in [6.07, 6.45) is 1.32. The van der Waals surface area contributed by atoms with E-state index in [1.807, 2.05) is 0 Å². The minimum absolute atomic E-state index is 0.0565. The van der Waals surface area contributed by atoms with Crippen LogP contribution in [0.25, 0.3) is 4.85 Å². The van der Waals surface area contributed by atoms with Gasteiger partial charge in [0.2, 0.25) is 0 Å². The number of rotatable bonds is 3. The normalized spacial score (nSPS) is 12.1. The van der Waals surface area contributed by atoms with Crippen molar-refractivity contribution < 1.29 is 9.90 Å². The summed E-state index contributed by atoms with van der Waals surface area (Å²) in [4.78, 5) is 18.5. The molecule has 0 heterocycles. The second-order valence-electron chi connectivity index (χ2n) is 3.44. The number of ketones is 1. The van der Waals surface area contributed by atoms with Gasteiger partial charge in [-0.15, -0.1) is 0 Å². The van der Waals surface area contributed by atoms with E-state index in [1.54, 1.807) is 24.3 Å². The predicted molar refractivity (Wildman–Crippen MR) is 66.9 cm³/mol. The van der Waals surface area contributed by atoms with Gasteiger partial charge in [-0.05, 0) is 26.0 Å². The lowest BCUT2D eigenvalue weighted by Crippen LogP contribution is -2.01. The van der Waals surface area contributed by atoms with Crippen LogP contribution in [0, 0.1) is 6.57 Å². The second kappa shape index (κ2) is 5.61. The minimum Gasteiger partial charge on any atom is -0.512 e. The molecule has 4 heteroatoms. The van der Waals surface area contributed by atoms with Gasteiger partial charge in [0.25, 0.3) is 0 Å². The summed E-state index contributed by atoms with van der Waals surface area (Å²) in [5, 5.41) is 9.27. The zero-order valence-corrected chi connectivity index (χ0v) is 9.64. The number of benzene rings is 1. The molecule has 0 fully saturated rings. The molecule has 86 valence electrons. The lowest BCUT2D eigenvalue weighted by atomic mass is 10.2. The van der Waals surface area contributed by atoms with Crippen molar-refractivity contribution in [1.29, 1.82) is 0 Å². The van der Waals surface area contributed by atoms with Gasteiger partial charge in [-0.3, -0.25) is 9.79 Å². The zero-order valence-electron chi connectivity index (χ0n) is 9.64. The third-order valence-corrected chi connectivity index (χ3v) is 2.09. The molecule has 0 unspecified atom stereocenters. The number of aliphatic imine (C=N–C) groups is 1. The fraction of sp³-hybridized carbons (Fsp3) is 0.154. The average Bonchev–Trinajstić information content (AvgIpc) is 2.29. The first-order valence-electron chi connectivity index (χ1n) is 4.97. The van der Waals surface area contributed by atoms with E-state index >= 15 is 0 Å². The third-order valence-electron chi connectivity index (χ3n) is 2.09. The quantitative estimate of drug-likeness (QED) is 0.373. The van der Waals surface area contributed by atoms with E-state index in [4.69, 9.17) is 6.57 Å². The molecule has 0 aliphatic carbocycles. The van der Waals surface area contributed by atoms with Crippen molar-refractivity contribution in [3.05, 3.63) is 47.0 Å². The molecule has 1 rings (SSSR count). The molecule has 4 nitrogen and oxygen atoms in total. The van der Waals surface area contributed by atoms with Crippen molar-refractivity contribution in [2.75, 3.05) is 0 Å². The first-order valence-corrected chi connectivity index (χ1v) is 4.97. The smallest absolute Gasteiger partial charge is 0.187 e. The Balaban J connectivity index is 2.94. The lowest BCUT2D eigenvalue weighted by molar-refractivity contribution is -0.113. The lowest BCUT2D eigenvalue weighted by Gasteiger charge is -1.98. The number of hydrogen-bond acceptors (Lipinski definition) is 3. The summed E-state index contributed by atoms with van der Waals surface area (Å²) in [6.45, 7) is 9.60. The molecule has 0 aliphatic rings. The Morgan fingerprint density at radius 2 is 1.94 bits per heavy atom. The van der Waals surface area contributed by atoms with Crippen LogP contribution < -0.4 is 0 Å². The molecule has 0 saturated heterocycles. The first kappa shape index (κ1) is 12.7. The average molecular weight is 228 g/mol. The van der Waals surface area contributed by atoms with Crippen LogP contribution >= 0.6 is 0 Å². The van der Waals surface area contributed by atoms with Gasteiger partial charge in [0, 0.05) is 6.21 Å². The number of carbonyl (C=O) groups excluding carboxylic acids is 1. The number of aliphatic hydroxyl groups is 1. The maximum absolute atomic E-state index is 11.2. The number of carbonyl (C=O) groups is 1. The Morgan fingerprint density at radius 3 is 2.35 bits per heavy atom. The summed E-state index contributed by atoms with van der Waals surface area (Å²) in [5.41, 5.74) is 1.33. The molecule has 0 atom stereocenters. The van der Waals surface area contributed by atoms with E-state index in [-0.39, 0.29) is 17.1 Å². The first-order chi connectivity index (χ1) is 8.04. The summed E-state index contributed by atoms with van der Waals surface area (Å²) >= 11 is 0. The highest BCUT2D eigenvalue weighted by atomic mass is 16.3. The molecule has 0 aromatic heterocycles. The molecule has 0 saturated carbocycles. The fourth-order valence-electron chi connectivity index (χ4n) is 1.19. The topological polar surface area (TPSA) is 54.0 Å². The highest BCUT2D eigenvalue weighted by molar-refractivity contribution is 6.12. The fourth-order valence-corrected chi connectivity index (χ4v) is 1.19. The molecule has 17 heavy (non-hydrogen) atoms. The van der Waals surface area contributed by atoms with Crippen LogP contribution in [0.2, 0.25) is 0 Å². The molecule has 1 aromatic rings. The summed E-state index contributed by atoms with van der Waals surface area (Å²) < 4.78 is 0. The Hall–Kier alpha value is -2.41. The summed E-state index contributed by atoms with van der Waals surface area (Å²) in [7, 11) is 0. The molecular formula is C13H12N2O2. The van der Waals surface area contributed by atoms with Crippen molar-refractivity contribution in [3.63, 3.8) is 0 Å². The maximum Gasteiger partial charge on any atom is 0.187 e. The Kier molecular flexibility index (Phi) is 4.18. The van der Waals surface area contributed by atoms with Gasteiger partial charge < -0.3 is 5.11 Å². The second-order valence-corrected chi connectivity index (χ2v) is 3.44. The molecule has 0 aliphatic heterocycles. The highest BCUT2D eigenvalue weighted by Crippen LogP contribution is 2.18. The molecule has 0 spiro atoms. The van der Waals surface area contributed by atoms with Crippen molar-refractivity contribution in [2.45, 2.75) is 13.8 Å². The van der Waals surface area contributed by atoms with Crippen LogP contribution in [0.5, 0.6) is 0 Å².